The van der Waals surface area contributed by atoms with Crippen LogP contribution in [0.5, 0.6) is 0 Å². The molecule has 0 aliphatic rings. The summed E-state index contributed by atoms with van der Waals surface area (Å²) in [5.74, 6) is 0. The number of hydrogen-bond acceptors (Lipinski definition) is 1. The first kappa shape index (κ1) is 20.9. The van der Waals surface area contributed by atoms with Gasteiger partial charge in [-0.15, -0.1) is 0 Å². The smallest absolute Gasteiger partial charge is 0.0768 e. The number of unbranched alkanes of at least 4 members (excludes halogenated alkanes) is 13. The van der Waals surface area contributed by atoms with E-state index in [4.69, 9.17) is 0 Å². The Labute approximate surface area is 134 Å². The highest BCUT2D eigenvalue weighted by Crippen LogP contribution is 2.10. The molecule has 0 aliphatic heterocycles. The summed E-state index contributed by atoms with van der Waals surface area (Å²) in [4.78, 5) is 0. The Bertz CT molecular complexity index is 184. The van der Waals surface area contributed by atoms with Crippen molar-refractivity contribution in [1.29, 1.82) is 0 Å². The second-order valence-electron chi connectivity index (χ2n) is 6.63. The first-order chi connectivity index (χ1) is 10.3. The summed E-state index contributed by atoms with van der Waals surface area (Å²) >= 11 is 0. The molecule has 0 rings (SSSR count). The van der Waals surface area contributed by atoms with Gasteiger partial charge in [0.1, 0.15) is 0 Å². The highest BCUT2D eigenvalue weighted by Gasteiger charge is 1.98. The molecule has 1 N–H and O–H groups in total. The van der Waals surface area contributed by atoms with Crippen LogP contribution in [-0.2, 0) is 0 Å². The molecule has 0 heterocycles. The van der Waals surface area contributed by atoms with Crippen LogP contribution in [0, 0.1) is 5.21 Å². The van der Waals surface area contributed by atoms with Crippen LogP contribution >= 0.6 is 0 Å². The fourth-order valence-electron chi connectivity index (χ4n) is 2.86. The molecule has 21 heavy (non-hydrogen) atoms. The Morgan fingerprint density at radius 1 is 0.476 bits per heavy atom. The number of quaternary nitrogens is 1. The molecular weight excluding hydrogens is 258 g/mol. The Kier molecular flexibility index (Phi) is 17.9. The molecule has 128 valence electrons. The van der Waals surface area contributed by atoms with E-state index in [1.807, 2.05) is 0 Å². The van der Waals surface area contributed by atoms with Crippen molar-refractivity contribution in [2.75, 3.05) is 13.1 Å². The van der Waals surface area contributed by atoms with Gasteiger partial charge in [0.15, 0.2) is 0 Å². The summed E-state index contributed by atoms with van der Waals surface area (Å²) in [6.45, 7) is 6.16. The largest absolute Gasteiger partial charge is 0.634 e. The molecule has 0 aliphatic carbocycles. The second-order valence-corrected chi connectivity index (χ2v) is 6.63. The van der Waals surface area contributed by atoms with Gasteiger partial charge in [-0.3, -0.25) is 0 Å². The van der Waals surface area contributed by atoms with Crippen LogP contribution in [0.1, 0.15) is 110 Å². The lowest BCUT2D eigenvalue weighted by Crippen LogP contribution is -3.07. The van der Waals surface area contributed by atoms with Gasteiger partial charge in [0.05, 0.1) is 13.1 Å². The molecule has 2 heteroatoms. The first-order valence-corrected chi connectivity index (χ1v) is 9.83. The van der Waals surface area contributed by atoms with E-state index in [-0.39, 0.29) is 0 Å². The lowest BCUT2D eigenvalue weighted by atomic mass is 10.1. The van der Waals surface area contributed by atoms with Gasteiger partial charge in [0.2, 0.25) is 0 Å². The average molecular weight is 300 g/mol. The van der Waals surface area contributed by atoms with Crippen molar-refractivity contribution < 1.29 is 5.06 Å². The van der Waals surface area contributed by atoms with Crippen LogP contribution in [0.3, 0.4) is 0 Å². The minimum Gasteiger partial charge on any atom is -0.634 e. The lowest BCUT2D eigenvalue weighted by molar-refractivity contribution is -0.848. The van der Waals surface area contributed by atoms with Crippen LogP contribution in [0.15, 0.2) is 0 Å². The molecule has 0 aromatic carbocycles. The summed E-state index contributed by atoms with van der Waals surface area (Å²) in [6.07, 6.45) is 19.8. The zero-order chi connectivity index (χ0) is 15.6. The molecule has 0 bridgehead atoms. The predicted octanol–water partition coefficient (Wildman–Crippen LogP) is 5.26. The van der Waals surface area contributed by atoms with E-state index in [2.05, 4.69) is 13.8 Å². The molecule has 0 aromatic heterocycles. The molecule has 0 amide bonds. The van der Waals surface area contributed by atoms with Crippen molar-refractivity contribution >= 4 is 0 Å². The van der Waals surface area contributed by atoms with Crippen molar-refractivity contribution in [2.24, 2.45) is 0 Å². The number of hydroxylamine groups is 2. The molecule has 1 unspecified atom stereocenters. The average Bonchev–Trinajstić information content (AvgIpc) is 2.49. The van der Waals surface area contributed by atoms with E-state index in [1.54, 1.807) is 0 Å². The maximum atomic E-state index is 11.7. The van der Waals surface area contributed by atoms with E-state index in [9.17, 15) is 5.21 Å². The van der Waals surface area contributed by atoms with Crippen molar-refractivity contribution in [1.82, 2.24) is 0 Å². The Balaban J connectivity index is 3.07. The maximum Gasteiger partial charge on any atom is 0.0768 e. The molecule has 0 saturated carbocycles. The SMILES string of the molecule is CCCCCCCCCCCCC[NH+]([O-])CCCCCC. The topological polar surface area (TPSA) is 27.5 Å². The normalized spacial score (nSPS) is 12.7. The van der Waals surface area contributed by atoms with Crippen LogP contribution in [0.2, 0.25) is 0 Å². The minimum atomic E-state index is 0.502. The predicted molar refractivity (Wildman–Crippen MR) is 94.7 cm³/mol. The third kappa shape index (κ3) is 17.9. The number of hydrogen-bond donors (Lipinski definition) is 1. The molecule has 0 saturated heterocycles. The van der Waals surface area contributed by atoms with E-state index >= 15 is 0 Å². The highest BCUT2D eigenvalue weighted by molar-refractivity contribution is 4.48. The van der Waals surface area contributed by atoms with Gasteiger partial charge in [-0.1, -0.05) is 84.5 Å². The third-order valence-corrected chi connectivity index (χ3v) is 4.37. The maximum absolute atomic E-state index is 11.7. The molecule has 0 fully saturated rings. The lowest BCUT2D eigenvalue weighted by Gasteiger charge is -2.22. The molecule has 0 spiro atoms. The minimum absolute atomic E-state index is 0.502. The fourth-order valence-corrected chi connectivity index (χ4v) is 2.86. The van der Waals surface area contributed by atoms with Crippen molar-refractivity contribution in [2.45, 2.75) is 110 Å². The fraction of sp³-hybridized carbons (Fsp3) is 1.00. The molecular formula is C19H41NO. The molecule has 2 nitrogen and oxygen atoms in total. The molecule has 1 atom stereocenters. The summed E-state index contributed by atoms with van der Waals surface area (Å²) in [5.41, 5.74) is 0. The highest BCUT2D eigenvalue weighted by atomic mass is 16.5. The van der Waals surface area contributed by atoms with Crippen LogP contribution in [0.25, 0.3) is 0 Å². The van der Waals surface area contributed by atoms with E-state index in [0.29, 0.717) is 5.06 Å². The quantitative estimate of drug-likeness (QED) is 0.288. The van der Waals surface area contributed by atoms with Crippen LogP contribution in [-0.4, -0.2) is 13.1 Å². The van der Waals surface area contributed by atoms with Crippen molar-refractivity contribution in [3.05, 3.63) is 5.21 Å². The van der Waals surface area contributed by atoms with Gasteiger partial charge < -0.3 is 10.3 Å². The zero-order valence-electron chi connectivity index (χ0n) is 14.9. The third-order valence-electron chi connectivity index (χ3n) is 4.37. The molecule has 0 radical (unpaired) electrons. The molecule has 0 aromatic rings. The van der Waals surface area contributed by atoms with E-state index in [0.717, 1.165) is 25.9 Å². The van der Waals surface area contributed by atoms with Crippen LogP contribution < -0.4 is 5.06 Å². The number of nitrogens with one attached hydrogen (secondary N) is 1. The summed E-state index contributed by atoms with van der Waals surface area (Å²) in [6, 6.07) is 0. The Hall–Kier alpha value is -0.0800. The van der Waals surface area contributed by atoms with Crippen molar-refractivity contribution in [3.63, 3.8) is 0 Å². The summed E-state index contributed by atoms with van der Waals surface area (Å²) in [7, 11) is 0. The van der Waals surface area contributed by atoms with E-state index in [1.165, 1.54) is 83.5 Å². The van der Waals surface area contributed by atoms with Gasteiger partial charge in [0, 0.05) is 0 Å². The van der Waals surface area contributed by atoms with Gasteiger partial charge in [0.25, 0.3) is 0 Å². The van der Waals surface area contributed by atoms with Gasteiger partial charge in [-0.25, -0.2) is 0 Å². The number of rotatable bonds is 17. The second kappa shape index (κ2) is 18.0. The Morgan fingerprint density at radius 3 is 1.14 bits per heavy atom. The van der Waals surface area contributed by atoms with Gasteiger partial charge in [-0.2, -0.15) is 0 Å². The summed E-state index contributed by atoms with van der Waals surface area (Å²) < 4.78 is 0. The summed E-state index contributed by atoms with van der Waals surface area (Å²) in [5, 5.41) is 12.2. The van der Waals surface area contributed by atoms with Gasteiger partial charge in [-0.05, 0) is 25.7 Å². The van der Waals surface area contributed by atoms with E-state index < -0.39 is 0 Å². The standard InChI is InChI=1S/C19H41NO/c1-3-5-7-9-10-11-12-13-14-15-17-19-20(21)18-16-8-6-4-2/h20H,3-19H2,1-2H3. The van der Waals surface area contributed by atoms with Gasteiger partial charge >= 0.3 is 0 Å². The zero-order valence-corrected chi connectivity index (χ0v) is 14.9. The van der Waals surface area contributed by atoms with Crippen LogP contribution in [0.4, 0.5) is 0 Å². The first-order valence-electron chi connectivity index (χ1n) is 9.83. The van der Waals surface area contributed by atoms with Crippen molar-refractivity contribution in [3.8, 4) is 0 Å². The monoisotopic (exact) mass is 299 g/mol. The Morgan fingerprint density at radius 2 is 0.762 bits per heavy atom.